The van der Waals surface area contributed by atoms with Gasteiger partial charge in [0.1, 0.15) is 0 Å². The zero-order valence-corrected chi connectivity index (χ0v) is 16.4. The molecule has 1 aliphatic rings. The Kier molecular flexibility index (Phi) is 5.50. The van der Waals surface area contributed by atoms with Crippen molar-refractivity contribution in [3.63, 3.8) is 0 Å². The molecule has 1 aromatic heterocycles. The van der Waals surface area contributed by atoms with E-state index in [2.05, 4.69) is 10.2 Å². The van der Waals surface area contributed by atoms with Crippen LogP contribution < -0.4 is 5.56 Å². The van der Waals surface area contributed by atoms with E-state index < -0.39 is 33.9 Å². The Morgan fingerprint density at radius 1 is 1.32 bits per heavy atom. The molecule has 2 heterocycles. The van der Waals surface area contributed by atoms with Crippen molar-refractivity contribution in [2.24, 2.45) is 0 Å². The van der Waals surface area contributed by atoms with Gasteiger partial charge < -0.3 is 9.64 Å². The van der Waals surface area contributed by atoms with Crippen molar-refractivity contribution >= 4 is 32.5 Å². The molecule has 0 radical (unpaired) electrons. The molecule has 10 heteroatoms. The Bertz CT molecular complexity index is 1080. The lowest BCUT2D eigenvalue weighted by atomic mass is 10.1. The van der Waals surface area contributed by atoms with Crippen LogP contribution in [-0.2, 0) is 30.6 Å². The van der Waals surface area contributed by atoms with Gasteiger partial charge in [-0.15, -0.1) is 0 Å². The number of H-pyrrole nitrogens is 1. The molecular weight excluding hydrogens is 386 g/mol. The number of carbonyl (C=O) groups is 2. The van der Waals surface area contributed by atoms with E-state index in [9.17, 15) is 22.8 Å². The lowest BCUT2D eigenvalue weighted by Crippen LogP contribution is -2.44. The SMILES string of the molecule is C[C@@H](OC(=O)Cc1n[nH]c(=O)c2ccccc12)C(=O)N(C)[C@@H]1CCS(=O)(=O)C1. The van der Waals surface area contributed by atoms with Crippen molar-refractivity contribution in [2.45, 2.75) is 31.9 Å². The van der Waals surface area contributed by atoms with Crippen LogP contribution in [0.1, 0.15) is 19.0 Å². The predicted molar refractivity (Wildman–Crippen MR) is 101 cm³/mol. The Morgan fingerprint density at radius 3 is 2.64 bits per heavy atom. The second kappa shape index (κ2) is 7.70. The van der Waals surface area contributed by atoms with Crippen LogP contribution in [0.4, 0.5) is 0 Å². The van der Waals surface area contributed by atoms with Crippen molar-refractivity contribution in [1.29, 1.82) is 0 Å². The Morgan fingerprint density at radius 2 is 2.00 bits per heavy atom. The Labute approximate surface area is 161 Å². The zero-order chi connectivity index (χ0) is 20.5. The maximum absolute atomic E-state index is 12.5. The highest BCUT2D eigenvalue weighted by Crippen LogP contribution is 2.18. The zero-order valence-electron chi connectivity index (χ0n) is 15.5. The lowest BCUT2D eigenvalue weighted by molar-refractivity contribution is -0.158. The van der Waals surface area contributed by atoms with Crippen molar-refractivity contribution in [3.8, 4) is 0 Å². The molecule has 1 aliphatic heterocycles. The van der Waals surface area contributed by atoms with Crippen molar-refractivity contribution in [3.05, 3.63) is 40.3 Å². The number of carbonyl (C=O) groups excluding carboxylic acids is 2. The number of aromatic nitrogens is 2. The molecule has 2 aromatic rings. The van der Waals surface area contributed by atoms with Crippen molar-refractivity contribution in [2.75, 3.05) is 18.6 Å². The van der Waals surface area contributed by atoms with Crippen LogP contribution in [0, 0.1) is 0 Å². The van der Waals surface area contributed by atoms with Gasteiger partial charge in [0.2, 0.25) is 0 Å². The molecule has 1 fully saturated rings. The van der Waals surface area contributed by atoms with Gasteiger partial charge in [-0.1, -0.05) is 18.2 Å². The quantitative estimate of drug-likeness (QED) is 0.694. The molecule has 0 aliphatic carbocycles. The summed E-state index contributed by atoms with van der Waals surface area (Å²) in [6.07, 6.45) is -0.899. The fourth-order valence-electron chi connectivity index (χ4n) is 3.28. The van der Waals surface area contributed by atoms with Crippen molar-refractivity contribution < 1.29 is 22.7 Å². The van der Waals surface area contributed by atoms with Crippen LogP contribution in [0.25, 0.3) is 10.8 Å². The van der Waals surface area contributed by atoms with Crippen LogP contribution in [0.2, 0.25) is 0 Å². The van der Waals surface area contributed by atoms with Gasteiger partial charge >= 0.3 is 5.97 Å². The third-order valence-electron chi connectivity index (χ3n) is 4.85. The number of sulfone groups is 1. The van der Waals surface area contributed by atoms with Crippen molar-refractivity contribution in [1.82, 2.24) is 15.1 Å². The topological polar surface area (TPSA) is 126 Å². The molecule has 28 heavy (non-hydrogen) atoms. The fourth-order valence-corrected chi connectivity index (χ4v) is 5.05. The molecule has 0 unspecified atom stereocenters. The van der Waals surface area contributed by atoms with Gasteiger partial charge in [0.25, 0.3) is 11.5 Å². The van der Waals surface area contributed by atoms with Gasteiger partial charge in [-0.3, -0.25) is 14.4 Å². The monoisotopic (exact) mass is 407 g/mol. The number of esters is 1. The summed E-state index contributed by atoms with van der Waals surface area (Å²) in [7, 11) is -1.62. The summed E-state index contributed by atoms with van der Waals surface area (Å²) in [5.74, 6) is -1.16. The summed E-state index contributed by atoms with van der Waals surface area (Å²) in [6.45, 7) is 1.44. The number of amides is 1. The molecule has 3 rings (SSSR count). The number of fused-ring (bicyclic) bond motifs is 1. The largest absolute Gasteiger partial charge is 0.452 e. The third-order valence-corrected chi connectivity index (χ3v) is 6.60. The van der Waals surface area contributed by atoms with Gasteiger partial charge in [0.05, 0.1) is 29.0 Å². The van der Waals surface area contributed by atoms with E-state index in [1.54, 1.807) is 24.3 Å². The number of nitrogens with one attached hydrogen (secondary N) is 1. The summed E-state index contributed by atoms with van der Waals surface area (Å²) in [6, 6.07) is 6.34. The normalized spacial score (nSPS) is 19.3. The molecule has 9 nitrogen and oxygen atoms in total. The van der Waals surface area contributed by atoms with E-state index in [1.165, 1.54) is 18.9 Å². The first-order chi connectivity index (χ1) is 13.2. The van der Waals surface area contributed by atoms with Gasteiger partial charge in [0, 0.05) is 18.5 Å². The average Bonchev–Trinajstić information content (AvgIpc) is 3.02. The first kappa shape index (κ1) is 20.0. The highest BCUT2D eigenvalue weighted by atomic mass is 32.2. The summed E-state index contributed by atoms with van der Waals surface area (Å²) in [5.41, 5.74) is -0.0144. The predicted octanol–water partition coefficient (Wildman–Crippen LogP) is 0.0428. The number of likely N-dealkylation sites (N-methyl/N-ethyl adjacent to an activating group) is 1. The van der Waals surface area contributed by atoms with Crippen LogP contribution in [0.3, 0.4) is 0 Å². The van der Waals surface area contributed by atoms with Gasteiger partial charge in [-0.05, 0) is 19.4 Å². The van der Waals surface area contributed by atoms with E-state index in [0.717, 1.165) is 0 Å². The number of ether oxygens (including phenoxy) is 1. The molecule has 0 spiro atoms. The fraction of sp³-hybridized carbons (Fsp3) is 0.444. The van der Waals surface area contributed by atoms with E-state index >= 15 is 0 Å². The minimum Gasteiger partial charge on any atom is -0.452 e. The number of nitrogens with zero attached hydrogens (tertiary/aromatic N) is 2. The molecule has 1 saturated heterocycles. The molecule has 0 bridgehead atoms. The van der Waals surface area contributed by atoms with Crippen LogP contribution in [0.15, 0.2) is 29.1 Å². The summed E-state index contributed by atoms with van der Waals surface area (Å²) < 4.78 is 28.4. The molecule has 150 valence electrons. The van der Waals surface area contributed by atoms with E-state index in [4.69, 9.17) is 4.74 Å². The molecule has 1 amide bonds. The average molecular weight is 407 g/mol. The Hall–Kier alpha value is -2.75. The maximum atomic E-state index is 12.5. The number of rotatable bonds is 5. The summed E-state index contributed by atoms with van der Waals surface area (Å²) >= 11 is 0. The number of hydrogen-bond acceptors (Lipinski definition) is 7. The molecule has 1 aromatic carbocycles. The highest BCUT2D eigenvalue weighted by Gasteiger charge is 2.35. The molecular formula is C18H21N3O6S. The number of hydrogen-bond donors (Lipinski definition) is 1. The minimum atomic E-state index is -3.13. The first-order valence-corrected chi connectivity index (χ1v) is 10.6. The summed E-state index contributed by atoms with van der Waals surface area (Å²) in [5, 5.41) is 7.20. The second-order valence-electron chi connectivity index (χ2n) is 6.86. The van der Waals surface area contributed by atoms with Gasteiger partial charge in [-0.25, -0.2) is 13.5 Å². The smallest absolute Gasteiger partial charge is 0.312 e. The maximum Gasteiger partial charge on any atom is 0.312 e. The minimum absolute atomic E-state index is 0.0500. The Balaban J connectivity index is 1.66. The first-order valence-electron chi connectivity index (χ1n) is 8.81. The number of benzene rings is 1. The van der Waals surface area contributed by atoms with Crippen LogP contribution in [-0.4, -0.2) is 66.1 Å². The van der Waals surface area contributed by atoms with Gasteiger partial charge in [-0.2, -0.15) is 5.10 Å². The highest BCUT2D eigenvalue weighted by molar-refractivity contribution is 7.91. The van der Waals surface area contributed by atoms with Crippen LogP contribution >= 0.6 is 0 Å². The van der Waals surface area contributed by atoms with E-state index in [-0.39, 0.29) is 23.5 Å². The second-order valence-corrected chi connectivity index (χ2v) is 9.09. The lowest BCUT2D eigenvalue weighted by Gasteiger charge is -2.26. The molecule has 2 atom stereocenters. The van der Waals surface area contributed by atoms with Crippen LogP contribution in [0.5, 0.6) is 0 Å². The van der Waals surface area contributed by atoms with E-state index in [1.807, 2.05) is 0 Å². The molecule has 1 N–H and O–H groups in total. The van der Waals surface area contributed by atoms with Gasteiger partial charge in [0.15, 0.2) is 15.9 Å². The third kappa shape index (κ3) is 4.22. The summed E-state index contributed by atoms with van der Waals surface area (Å²) in [4.78, 5) is 37.9. The standard InChI is InChI=1S/C18H21N3O6S/c1-11(18(24)21(2)12-7-8-28(25,26)10-12)27-16(22)9-15-13-5-3-4-6-14(13)17(23)20-19-15/h3-6,11-12H,7-10H2,1-2H3,(H,20,23)/t11-,12-/m1/s1. The molecule has 0 saturated carbocycles. The number of aromatic amines is 1. The van der Waals surface area contributed by atoms with E-state index in [0.29, 0.717) is 22.9 Å².